The molecule has 0 heterocycles. The van der Waals surface area contributed by atoms with Gasteiger partial charge in [-0.3, -0.25) is 9.59 Å². The molecule has 0 aliphatic heterocycles. The number of primary amides is 1. The molecule has 19 heavy (non-hydrogen) atoms. The van der Waals surface area contributed by atoms with Gasteiger partial charge in [-0.2, -0.15) is 0 Å². The number of anilines is 2. The number of hydrogen-bond acceptors (Lipinski definition) is 4. The molecule has 6 N–H and O–H groups in total. The van der Waals surface area contributed by atoms with E-state index in [9.17, 15) is 9.59 Å². The van der Waals surface area contributed by atoms with Gasteiger partial charge in [0.2, 0.25) is 0 Å². The Bertz CT molecular complexity index is 648. The minimum atomic E-state index is -1.03. The topological polar surface area (TPSA) is 112 Å². The molecular formula is C14H13N3O2. The lowest BCUT2D eigenvalue weighted by molar-refractivity contribution is -0.114. The van der Waals surface area contributed by atoms with E-state index in [2.05, 4.69) is 0 Å². The van der Waals surface area contributed by atoms with Crippen LogP contribution < -0.4 is 17.2 Å². The number of ketones is 1. The van der Waals surface area contributed by atoms with Gasteiger partial charge >= 0.3 is 0 Å². The monoisotopic (exact) mass is 255 g/mol. The third-order valence-corrected chi connectivity index (χ3v) is 2.77. The van der Waals surface area contributed by atoms with Gasteiger partial charge in [-0.05, 0) is 35.4 Å². The van der Waals surface area contributed by atoms with Crippen LogP contribution in [0.25, 0.3) is 11.1 Å². The number of Topliss-reactive ketones (excluding diaryl/α,β-unsaturated/α-hetero) is 1. The largest absolute Gasteiger partial charge is 0.399 e. The van der Waals surface area contributed by atoms with Gasteiger partial charge in [-0.1, -0.05) is 18.2 Å². The normalized spacial score (nSPS) is 10.1. The number of rotatable bonds is 3. The van der Waals surface area contributed by atoms with Crippen molar-refractivity contribution in [2.75, 3.05) is 11.5 Å². The van der Waals surface area contributed by atoms with Crippen LogP contribution in [0.15, 0.2) is 42.5 Å². The van der Waals surface area contributed by atoms with Crippen LogP contribution in [0.2, 0.25) is 0 Å². The van der Waals surface area contributed by atoms with Crippen LogP contribution in [0.4, 0.5) is 11.4 Å². The molecule has 5 heteroatoms. The van der Waals surface area contributed by atoms with E-state index in [-0.39, 0.29) is 11.3 Å². The molecule has 2 aromatic carbocycles. The Morgan fingerprint density at radius 2 is 1.42 bits per heavy atom. The summed E-state index contributed by atoms with van der Waals surface area (Å²) >= 11 is 0. The van der Waals surface area contributed by atoms with E-state index >= 15 is 0 Å². The summed E-state index contributed by atoms with van der Waals surface area (Å²) in [5.74, 6) is -1.82. The Balaban J connectivity index is 2.49. The van der Waals surface area contributed by atoms with Crippen molar-refractivity contribution in [3.8, 4) is 11.1 Å². The maximum Gasteiger partial charge on any atom is 0.289 e. The summed E-state index contributed by atoms with van der Waals surface area (Å²) in [6, 6.07) is 12.0. The molecular weight excluding hydrogens is 242 g/mol. The maximum atomic E-state index is 11.6. The second-order valence-electron chi connectivity index (χ2n) is 4.12. The molecule has 0 unspecified atom stereocenters. The van der Waals surface area contributed by atoms with Crippen LogP contribution in [-0.2, 0) is 4.79 Å². The molecule has 0 radical (unpaired) electrons. The summed E-state index contributed by atoms with van der Waals surface area (Å²) in [6.45, 7) is 0. The van der Waals surface area contributed by atoms with Crippen molar-refractivity contribution in [2.24, 2.45) is 5.73 Å². The predicted molar refractivity (Wildman–Crippen MR) is 74.2 cm³/mol. The third kappa shape index (κ3) is 2.55. The molecule has 2 aromatic rings. The average Bonchev–Trinajstić information content (AvgIpc) is 2.39. The molecule has 0 aliphatic rings. The molecule has 0 fully saturated rings. The van der Waals surface area contributed by atoms with Crippen molar-refractivity contribution < 1.29 is 9.59 Å². The van der Waals surface area contributed by atoms with E-state index in [0.29, 0.717) is 5.69 Å². The van der Waals surface area contributed by atoms with Crippen LogP contribution in [0.5, 0.6) is 0 Å². The van der Waals surface area contributed by atoms with Crippen LogP contribution in [0.1, 0.15) is 10.4 Å². The van der Waals surface area contributed by atoms with Crippen molar-refractivity contribution in [2.45, 2.75) is 0 Å². The highest BCUT2D eigenvalue weighted by Gasteiger charge is 2.16. The lowest BCUT2D eigenvalue weighted by Gasteiger charge is -2.07. The highest BCUT2D eigenvalue weighted by molar-refractivity contribution is 6.43. The number of carbonyl (C=O) groups is 2. The Morgan fingerprint density at radius 1 is 0.842 bits per heavy atom. The highest BCUT2D eigenvalue weighted by atomic mass is 16.2. The van der Waals surface area contributed by atoms with E-state index in [1.165, 1.54) is 0 Å². The SMILES string of the molecule is NC(=O)C(=O)c1cc(-c2ccc(N)cc2)ccc1N. The Hall–Kier alpha value is -2.82. The smallest absolute Gasteiger partial charge is 0.289 e. The number of carbonyl (C=O) groups excluding carboxylic acids is 2. The van der Waals surface area contributed by atoms with Gasteiger partial charge in [-0.25, -0.2) is 0 Å². The molecule has 0 spiro atoms. The van der Waals surface area contributed by atoms with Crippen LogP contribution in [0.3, 0.4) is 0 Å². The summed E-state index contributed by atoms with van der Waals surface area (Å²) in [4.78, 5) is 22.6. The van der Waals surface area contributed by atoms with E-state index < -0.39 is 11.7 Å². The molecule has 5 nitrogen and oxygen atoms in total. The summed E-state index contributed by atoms with van der Waals surface area (Å²) in [5.41, 5.74) is 18.9. The van der Waals surface area contributed by atoms with Crippen molar-refractivity contribution in [3.05, 3.63) is 48.0 Å². The van der Waals surface area contributed by atoms with Gasteiger partial charge in [-0.15, -0.1) is 0 Å². The summed E-state index contributed by atoms with van der Waals surface area (Å²) < 4.78 is 0. The molecule has 96 valence electrons. The lowest BCUT2D eigenvalue weighted by Crippen LogP contribution is -2.24. The molecule has 1 amide bonds. The molecule has 0 atom stereocenters. The summed E-state index contributed by atoms with van der Waals surface area (Å²) in [7, 11) is 0. The van der Waals surface area contributed by atoms with Crippen molar-refractivity contribution in [1.82, 2.24) is 0 Å². The highest BCUT2D eigenvalue weighted by Crippen LogP contribution is 2.24. The Labute approximate surface area is 110 Å². The zero-order valence-electron chi connectivity index (χ0n) is 10.1. The zero-order valence-corrected chi connectivity index (χ0v) is 10.1. The molecule has 0 aliphatic carbocycles. The van der Waals surface area contributed by atoms with Crippen LogP contribution in [-0.4, -0.2) is 11.7 Å². The first-order valence-corrected chi connectivity index (χ1v) is 5.58. The van der Waals surface area contributed by atoms with Gasteiger partial charge in [0.15, 0.2) is 0 Å². The Kier molecular flexibility index (Phi) is 3.20. The summed E-state index contributed by atoms with van der Waals surface area (Å²) in [6.07, 6.45) is 0. The maximum absolute atomic E-state index is 11.6. The van der Waals surface area contributed by atoms with Crippen molar-refractivity contribution in [1.29, 1.82) is 0 Å². The molecule has 2 rings (SSSR count). The van der Waals surface area contributed by atoms with Gasteiger partial charge in [0.25, 0.3) is 11.7 Å². The number of nitrogen functional groups attached to an aromatic ring is 2. The van der Waals surface area contributed by atoms with E-state index in [1.54, 1.807) is 30.3 Å². The van der Waals surface area contributed by atoms with Crippen LogP contribution in [0, 0.1) is 0 Å². The first-order valence-electron chi connectivity index (χ1n) is 5.58. The van der Waals surface area contributed by atoms with Gasteiger partial charge in [0, 0.05) is 11.4 Å². The second kappa shape index (κ2) is 4.81. The fourth-order valence-corrected chi connectivity index (χ4v) is 1.74. The quantitative estimate of drug-likeness (QED) is 0.434. The Morgan fingerprint density at radius 3 is 2.00 bits per heavy atom. The predicted octanol–water partition coefficient (Wildman–Crippen LogP) is 1.19. The first-order chi connectivity index (χ1) is 8.99. The number of hydrogen-bond donors (Lipinski definition) is 3. The standard InChI is InChI=1S/C14H13N3O2/c15-10-4-1-8(2-5-10)9-3-6-12(16)11(7-9)13(18)14(17)19/h1-7H,15-16H2,(H2,17,19). The zero-order chi connectivity index (χ0) is 14.0. The van der Waals surface area contributed by atoms with E-state index in [1.807, 2.05) is 12.1 Å². The molecule has 0 aromatic heterocycles. The molecule has 0 bridgehead atoms. The van der Waals surface area contributed by atoms with Gasteiger partial charge in [0.1, 0.15) is 0 Å². The van der Waals surface area contributed by atoms with Crippen molar-refractivity contribution >= 4 is 23.1 Å². The second-order valence-corrected chi connectivity index (χ2v) is 4.12. The minimum Gasteiger partial charge on any atom is -0.399 e. The molecule has 0 saturated heterocycles. The van der Waals surface area contributed by atoms with Crippen LogP contribution >= 0.6 is 0 Å². The lowest BCUT2D eigenvalue weighted by atomic mass is 9.99. The van der Waals surface area contributed by atoms with Crippen molar-refractivity contribution in [3.63, 3.8) is 0 Å². The number of benzene rings is 2. The number of amides is 1. The minimum absolute atomic E-state index is 0.113. The van der Waals surface area contributed by atoms with E-state index in [4.69, 9.17) is 17.2 Å². The number of nitrogens with two attached hydrogens (primary N) is 3. The average molecular weight is 255 g/mol. The summed E-state index contributed by atoms with van der Waals surface area (Å²) in [5, 5.41) is 0. The fourth-order valence-electron chi connectivity index (χ4n) is 1.74. The third-order valence-electron chi connectivity index (χ3n) is 2.77. The first kappa shape index (κ1) is 12.6. The fraction of sp³-hybridized carbons (Fsp3) is 0. The van der Waals surface area contributed by atoms with E-state index in [0.717, 1.165) is 11.1 Å². The molecule has 0 saturated carbocycles. The van der Waals surface area contributed by atoms with Gasteiger partial charge < -0.3 is 17.2 Å². The van der Waals surface area contributed by atoms with Gasteiger partial charge in [0.05, 0.1) is 5.56 Å².